The van der Waals surface area contributed by atoms with E-state index in [4.69, 9.17) is 0 Å². The van der Waals surface area contributed by atoms with Gasteiger partial charge in [0.1, 0.15) is 0 Å². The third-order valence-corrected chi connectivity index (χ3v) is 3.14. The van der Waals surface area contributed by atoms with Crippen LogP contribution in [0.25, 0.3) is 0 Å². The van der Waals surface area contributed by atoms with E-state index in [0.29, 0.717) is 0 Å². The Kier molecular flexibility index (Phi) is 4.07. The molecule has 1 atom stereocenters. The largest absolute Gasteiger partial charge is 0.288 e. The summed E-state index contributed by atoms with van der Waals surface area (Å²) in [6, 6.07) is 7.51. The molecule has 3 heteroatoms. The van der Waals surface area contributed by atoms with Crippen LogP contribution in [0.2, 0.25) is 0 Å². The van der Waals surface area contributed by atoms with Crippen LogP contribution in [0.3, 0.4) is 0 Å². The summed E-state index contributed by atoms with van der Waals surface area (Å²) in [4.78, 5) is 11.6. The first-order chi connectivity index (χ1) is 6.15. The summed E-state index contributed by atoms with van der Waals surface area (Å²) in [7, 11) is 2.59. The number of ketones is 1. The number of hydrogen-bond donors (Lipinski definition) is 0. The molecule has 1 aromatic rings. The van der Waals surface area contributed by atoms with Gasteiger partial charge in [0.05, 0.1) is 3.58 Å². The molecule has 0 aliphatic rings. The predicted molar refractivity (Wildman–Crippen MR) is 67.9 cm³/mol. The molecule has 0 N–H and O–H groups in total. The third kappa shape index (κ3) is 2.89. The lowest BCUT2D eigenvalue weighted by atomic mass is 10.1. The number of Topliss-reactive ketones (excluding diaryl/α,β-unsaturated/α-hetero) is 1. The highest BCUT2D eigenvalue weighted by atomic mass is 127. The van der Waals surface area contributed by atoms with Crippen molar-refractivity contribution in [2.45, 2.75) is 6.92 Å². The summed E-state index contributed by atoms with van der Waals surface area (Å²) in [6.07, 6.45) is 1.82. The molecule has 0 radical (unpaired) electrons. The van der Waals surface area contributed by atoms with Crippen molar-refractivity contribution in [2.75, 3.05) is 0 Å². The van der Waals surface area contributed by atoms with E-state index in [1.807, 2.05) is 37.3 Å². The number of benzene rings is 1. The summed E-state index contributed by atoms with van der Waals surface area (Å²) in [5.41, 5.74) is 0.744. The van der Waals surface area contributed by atoms with Crippen molar-refractivity contribution in [3.8, 4) is 0 Å². The Bertz CT molecular complexity index is 340. The number of rotatable bonds is 2. The first-order valence-corrected chi connectivity index (χ1v) is 5.53. The minimum absolute atomic E-state index is 0.0908. The predicted octanol–water partition coefficient (Wildman–Crippen LogP) is 2.71. The number of halogens is 1. The molecule has 0 bridgehead atoms. The second-order valence-corrected chi connectivity index (χ2v) is 4.42. The monoisotopic (exact) mass is 304 g/mol. The molecule has 0 aliphatic carbocycles. The van der Waals surface area contributed by atoms with Gasteiger partial charge in [-0.15, -0.1) is 9.24 Å². The van der Waals surface area contributed by atoms with E-state index in [1.165, 1.54) is 0 Å². The smallest absolute Gasteiger partial charge is 0.198 e. The fourth-order valence-corrected chi connectivity index (χ4v) is 1.41. The quantitative estimate of drug-likeness (QED) is 0.355. The number of allylic oxidation sites excluding steroid dienone is 2. The third-order valence-electron chi connectivity index (χ3n) is 1.64. The minimum atomic E-state index is 0.0908. The molecular weight excluding hydrogens is 294 g/mol. The number of carbonyl (C=O) groups excluding carboxylic acids is 1. The highest BCUT2D eigenvalue weighted by Gasteiger charge is 2.07. The second kappa shape index (κ2) is 4.87. The van der Waals surface area contributed by atoms with Gasteiger partial charge in [-0.3, -0.25) is 4.79 Å². The summed E-state index contributed by atoms with van der Waals surface area (Å²) in [6.45, 7) is 1.86. The Hall–Kier alpha value is -0.210. The van der Waals surface area contributed by atoms with Crippen LogP contribution in [0.1, 0.15) is 17.3 Å². The van der Waals surface area contributed by atoms with E-state index < -0.39 is 0 Å². The topological polar surface area (TPSA) is 17.1 Å². The van der Waals surface area contributed by atoms with E-state index in [9.17, 15) is 4.79 Å². The average molecular weight is 304 g/mol. The SMILES string of the molecule is C/C=C(\I)C(=O)c1ccc(P)cc1. The normalized spacial score (nSPS) is 11.5. The maximum atomic E-state index is 11.6. The van der Waals surface area contributed by atoms with E-state index >= 15 is 0 Å². The van der Waals surface area contributed by atoms with E-state index in [-0.39, 0.29) is 5.78 Å². The van der Waals surface area contributed by atoms with Gasteiger partial charge in [-0.25, -0.2) is 0 Å². The summed E-state index contributed by atoms with van der Waals surface area (Å²) in [5, 5.41) is 1.09. The maximum Gasteiger partial charge on any atom is 0.198 e. The van der Waals surface area contributed by atoms with Gasteiger partial charge >= 0.3 is 0 Å². The van der Waals surface area contributed by atoms with Crippen LogP contribution in [-0.4, -0.2) is 5.78 Å². The van der Waals surface area contributed by atoms with Gasteiger partial charge in [0.2, 0.25) is 0 Å². The van der Waals surface area contributed by atoms with Crippen LogP contribution >= 0.6 is 31.8 Å². The molecule has 1 unspecified atom stereocenters. The van der Waals surface area contributed by atoms with Gasteiger partial charge in [-0.05, 0) is 34.8 Å². The molecule has 68 valence electrons. The van der Waals surface area contributed by atoms with Gasteiger partial charge in [0.25, 0.3) is 0 Å². The van der Waals surface area contributed by atoms with Gasteiger partial charge in [0.15, 0.2) is 5.78 Å². The molecule has 0 aromatic heterocycles. The van der Waals surface area contributed by atoms with Crippen molar-refractivity contribution in [1.82, 2.24) is 0 Å². The molecule has 1 rings (SSSR count). The van der Waals surface area contributed by atoms with Crippen LogP contribution in [0.4, 0.5) is 0 Å². The zero-order chi connectivity index (χ0) is 9.84. The Morgan fingerprint density at radius 3 is 2.38 bits per heavy atom. The Morgan fingerprint density at radius 1 is 1.38 bits per heavy atom. The van der Waals surface area contributed by atoms with E-state index in [0.717, 1.165) is 14.4 Å². The molecular formula is C10H10IOP. The molecule has 0 saturated heterocycles. The Balaban J connectivity index is 2.97. The molecule has 0 fully saturated rings. The lowest BCUT2D eigenvalue weighted by Gasteiger charge is -1.99. The maximum absolute atomic E-state index is 11.6. The standard InChI is InChI=1S/C10H10IOP/c1-2-9(11)10(12)7-3-5-8(13)6-4-7/h2-6H,13H2,1H3/b9-2-. The van der Waals surface area contributed by atoms with Gasteiger partial charge in [-0.1, -0.05) is 30.3 Å². The van der Waals surface area contributed by atoms with Crippen LogP contribution in [0.15, 0.2) is 33.9 Å². The molecule has 1 aromatic carbocycles. The van der Waals surface area contributed by atoms with Gasteiger partial charge < -0.3 is 0 Å². The van der Waals surface area contributed by atoms with Crippen molar-refractivity contribution >= 4 is 42.9 Å². The van der Waals surface area contributed by atoms with Crippen molar-refractivity contribution in [1.29, 1.82) is 0 Å². The first-order valence-electron chi connectivity index (χ1n) is 3.87. The van der Waals surface area contributed by atoms with Crippen LogP contribution in [0.5, 0.6) is 0 Å². The fourth-order valence-electron chi connectivity index (χ4n) is 0.903. The molecule has 0 aliphatic heterocycles. The summed E-state index contributed by atoms with van der Waals surface area (Å²) < 4.78 is 0.758. The molecule has 0 heterocycles. The summed E-state index contributed by atoms with van der Waals surface area (Å²) >= 11 is 2.05. The minimum Gasteiger partial charge on any atom is -0.288 e. The van der Waals surface area contributed by atoms with E-state index in [1.54, 1.807) is 0 Å². The zero-order valence-electron chi connectivity index (χ0n) is 7.25. The van der Waals surface area contributed by atoms with Crippen LogP contribution in [-0.2, 0) is 0 Å². The molecule has 1 nitrogen and oxygen atoms in total. The zero-order valence-corrected chi connectivity index (χ0v) is 10.6. The Morgan fingerprint density at radius 2 is 1.92 bits per heavy atom. The lowest BCUT2D eigenvalue weighted by Crippen LogP contribution is -2.00. The highest BCUT2D eigenvalue weighted by molar-refractivity contribution is 14.1. The molecule has 0 spiro atoms. The number of carbonyl (C=O) groups is 1. The average Bonchev–Trinajstić information content (AvgIpc) is 2.17. The van der Waals surface area contributed by atoms with Crippen molar-refractivity contribution < 1.29 is 4.79 Å². The van der Waals surface area contributed by atoms with Crippen molar-refractivity contribution in [3.63, 3.8) is 0 Å². The highest BCUT2D eigenvalue weighted by Crippen LogP contribution is 2.13. The van der Waals surface area contributed by atoms with Gasteiger partial charge in [0, 0.05) is 5.56 Å². The van der Waals surface area contributed by atoms with Crippen LogP contribution < -0.4 is 5.30 Å². The van der Waals surface area contributed by atoms with Crippen molar-refractivity contribution in [2.24, 2.45) is 0 Å². The number of hydrogen-bond acceptors (Lipinski definition) is 1. The molecule has 0 amide bonds. The second-order valence-electron chi connectivity index (χ2n) is 2.59. The summed E-state index contributed by atoms with van der Waals surface area (Å²) in [5.74, 6) is 0.0908. The van der Waals surface area contributed by atoms with Crippen LogP contribution in [0, 0.1) is 0 Å². The molecule has 0 saturated carbocycles. The fraction of sp³-hybridized carbons (Fsp3) is 0.100. The van der Waals surface area contributed by atoms with Crippen molar-refractivity contribution in [3.05, 3.63) is 39.5 Å². The first kappa shape index (κ1) is 10.9. The van der Waals surface area contributed by atoms with E-state index in [2.05, 4.69) is 31.8 Å². The molecule has 13 heavy (non-hydrogen) atoms. The van der Waals surface area contributed by atoms with Gasteiger partial charge in [-0.2, -0.15) is 0 Å². The Labute approximate surface area is 94.0 Å². The lowest BCUT2D eigenvalue weighted by molar-refractivity contribution is 0.104.